The molecule has 2 N–H and O–H groups in total. The van der Waals surface area contributed by atoms with Gasteiger partial charge in [-0.1, -0.05) is 72.3 Å². The van der Waals surface area contributed by atoms with Crippen LogP contribution in [0, 0.1) is 0 Å². The van der Waals surface area contributed by atoms with Crippen molar-refractivity contribution in [1.29, 1.82) is 0 Å². The fraction of sp³-hybridized carbons (Fsp3) is 0.174. The minimum atomic E-state index is -1.64. The molecule has 1 unspecified atom stereocenters. The van der Waals surface area contributed by atoms with Gasteiger partial charge in [-0.15, -0.1) is 0 Å². The zero-order chi connectivity index (χ0) is 20.0. The van der Waals surface area contributed by atoms with E-state index in [4.69, 9.17) is 16.3 Å². The predicted molar refractivity (Wildman–Crippen MR) is 111 cm³/mol. The van der Waals surface area contributed by atoms with Crippen molar-refractivity contribution in [3.05, 3.63) is 101 Å². The van der Waals surface area contributed by atoms with Gasteiger partial charge in [0.2, 0.25) is 0 Å². The van der Waals surface area contributed by atoms with Crippen LogP contribution in [0.15, 0.2) is 84.9 Å². The van der Waals surface area contributed by atoms with Crippen LogP contribution in [0.25, 0.3) is 0 Å². The van der Waals surface area contributed by atoms with Crippen LogP contribution in [-0.4, -0.2) is 23.7 Å². The van der Waals surface area contributed by atoms with E-state index in [-0.39, 0.29) is 6.61 Å². The highest BCUT2D eigenvalue weighted by Gasteiger charge is 2.45. The number of rotatable bonds is 7. The molecule has 0 aliphatic carbocycles. The summed E-state index contributed by atoms with van der Waals surface area (Å²) in [5.74, 6) is -0.548. The molecule has 5 heteroatoms. The Hall–Kier alpha value is -2.82. The third-order valence-electron chi connectivity index (χ3n) is 4.52. The summed E-state index contributed by atoms with van der Waals surface area (Å²) in [6.45, 7) is 1.94. The maximum absolute atomic E-state index is 12.9. The van der Waals surface area contributed by atoms with E-state index in [0.717, 1.165) is 0 Å². The third-order valence-corrected chi connectivity index (χ3v) is 4.78. The number of benzene rings is 3. The van der Waals surface area contributed by atoms with E-state index < -0.39 is 17.6 Å². The lowest BCUT2D eigenvalue weighted by molar-refractivity contribution is -0.149. The predicted octanol–water partition coefficient (Wildman–Crippen LogP) is 4.62. The van der Waals surface area contributed by atoms with E-state index in [1.165, 1.54) is 0 Å². The molecule has 0 amide bonds. The lowest BCUT2D eigenvalue weighted by Crippen LogP contribution is -2.51. The SMILES string of the molecule is CCOC(=O)C(Nc1ccc(Cl)cc1)C(O)(c1ccccc1)c1ccccc1. The van der Waals surface area contributed by atoms with Crippen molar-refractivity contribution < 1.29 is 14.6 Å². The summed E-state index contributed by atoms with van der Waals surface area (Å²) in [6.07, 6.45) is 0. The van der Waals surface area contributed by atoms with Gasteiger partial charge in [0.25, 0.3) is 0 Å². The lowest BCUT2D eigenvalue weighted by Gasteiger charge is -2.36. The van der Waals surface area contributed by atoms with E-state index in [2.05, 4.69) is 5.32 Å². The summed E-state index contributed by atoms with van der Waals surface area (Å²) in [7, 11) is 0. The molecule has 1 atom stereocenters. The van der Waals surface area contributed by atoms with Crippen LogP contribution in [0.1, 0.15) is 18.1 Å². The fourth-order valence-electron chi connectivity index (χ4n) is 3.16. The van der Waals surface area contributed by atoms with Gasteiger partial charge in [-0.2, -0.15) is 0 Å². The average Bonchev–Trinajstić information content (AvgIpc) is 2.74. The van der Waals surface area contributed by atoms with Crippen molar-refractivity contribution in [2.24, 2.45) is 0 Å². The van der Waals surface area contributed by atoms with Crippen LogP contribution in [-0.2, 0) is 15.1 Å². The Bertz CT molecular complexity index is 859. The highest BCUT2D eigenvalue weighted by atomic mass is 35.5. The van der Waals surface area contributed by atoms with Crippen LogP contribution < -0.4 is 5.32 Å². The van der Waals surface area contributed by atoms with Crippen molar-refractivity contribution in [1.82, 2.24) is 0 Å². The summed E-state index contributed by atoms with van der Waals surface area (Å²) >= 11 is 5.97. The molecule has 0 aromatic heterocycles. The Morgan fingerprint density at radius 1 is 0.964 bits per heavy atom. The average molecular weight is 396 g/mol. The molecule has 3 aromatic rings. The largest absolute Gasteiger partial charge is 0.464 e. The van der Waals surface area contributed by atoms with Gasteiger partial charge in [0.05, 0.1) is 6.61 Å². The Labute approximate surface area is 169 Å². The number of aliphatic hydroxyl groups is 1. The van der Waals surface area contributed by atoms with E-state index in [1.54, 1.807) is 55.5 Å². The minimum Gasteiger partial charge on any atom is -0.464 e. The molecule has 28 heavy (non-hydrogen) atoms. The number of esters is 1. The molecule has 0 heterocycles. The molecule has 4 nitrogen and oxygen atoms in total. The van der Waals surface area contributed by atoms with Crippen molar-refractivity contribution in [2.45, 2.75) is 18.6 Å². The van der Waals surface area contributed by atoms with Crippen LogP contribution in [0.3, 0.4) is 0 Å². The highest BCUT2D eigenvalue weighted by molar-refractivity contribution is 6.30. The molecule has 0 radical (unpaired) electrons. The first kappa shape index (κ1) is 19.9. The molecule has 0 aliphatic rings. The summed E-state index contributed by atoms with van der Waals surface area (Å²) in [6, 6.07) is 24.1. The molecule has 0 saturated carbocycles. The van der Waals surface area contributed by atoms with Crippen molar-refractivity contribution in [3.63, 3.8) is 0 Å². The van der Waals surface area contributed by atoms with Gasteiger partial charge in [0.15, 0.2) is 6.04 Å². The summed E-state index contributed by atoms with van der Waals surface area (Å²) in [4.78, 5) is 12.9. The maximum atomic E-state index is 12.9. The molecule has 0 saturated heterocycles. The number of hydrogen-bond donors (Lipinski definition) is 2. The number of carbonyl (C=O) groups excluding carboxylic acids is 1. The Morgan fingerprint density at radius 3 is 1.93 bits per heavy atom. The zero-order valence-corrected chi connectivity index (χ0v) is 16.3. The number of ether oxygens (including phenoxy) is 1. The van der Waals surface area contributed by atoms with E-state index in [1.807, 2.05) is 36.4 Å². The number of halogens is 1. The second-order valence-electron chi connectivity index (χ2n) is 6.33. The van der Waals surface area contributed by atoms with Gasteiger partial charge in [-0.05, 0) is 42.3 Å². The van der Waals surface area contributed by atoms with E-state index in [0.29, 0.717) is 21.8 Å². The summed E-state index contributed by atoms with van der Waals surface area (Å²) in [5, 5.41) is 15.7. The van der Waals surface area contributed by atoms with Gasteiger partial charge in [0, 0.05) is 10.7 Å². The van der Waals surface area contributed by atoms with E-state index >= 15 is 0 Å². The van der Waals surface area contributed by atoms with Gasteiger partial charge in [-0.25, -0.2) is 4.79 Å². The smallest absolute Gasteiger partial charge is 0.332 e. The van der Waals surface area contributed by atoms with Crippen LogP contribution in [0.2, 0.25) is 5.02 Å². The maximum Gasteiger partial charge on any atom is 0.332 e. The topological polar surface area (TPSA) is 58.6 Å². The molecule has 0 bridgehead atoms. The van der Waals surface area contributed by atoms with Crippen LogP contribution in [0.4, 0.5) is 5.69 Å². The number of nitrogens with one attached hydrogen (secondary N) is 1. The highest BCUT2D eigenvalue weighted by Crippen LogP contribution is 2.35. The van der Waals surface area contributed by atoms with Gasteiger partial charge in [0.1, 0.15) is 5.60 Å². The molecular weight excluding hydrogens is 374 g/mol. The lowest BCUT2D eigenvalue weighted by atomic mass is 9.80. The van der Waals surface area contributed by atoms with Crippen molar-refractivity contribution in [2.75, 3.05) is 11.9 Å². The molecule has 0 aliphatic heterocycles. The Morgan fingerprint density at radius 2 is 1.46 bits per heavy atom. The van der Waals surface area contributed by atoms with Crippen LogP contribution in [0.5, 0.6) is 0 Å². The Kier molecular flexibility index (Phi) is 6.34. The summed E-state index contributed by atoms with van der Waals surface area (Å²) < 4.78 is 5.30. The first-order valence-electron chi connectivity index (χ1n) is 9.08. The van der Waals surface area contributed by atoms with Gasteiger partial charge in [-0.3, -0.25) is 0 Å². The standard InChI is InChI=1S/C23H22ClNO3/c1-2-28-22(26)21(25-20-15-13-19(24)14-16-20)23(27,17-9-5-3-6-10-17)18-11-7-4-8-12-18/h3-16,21,25,27H,2H2,1H3. The van der Waals surface area contributed by atoms with Gasteiger partial charge >= 0.3 is 5.97 Å². The third kappa shape index (κ3) is 4.19. The molecule has 3 rings (SSSR count). The first-order valence-corrected chi connectivity index (χ1v) is 9.45. The van der Waals surface area contributed by atoms with Gasteiger partial charge < -0.3 is 15.2 Å². The molecule has 3 aromatic carbocycles. The van der Waals surface area contributed by atoms with Crippen molar-refractivity contribution in [3.8, 4) is 0 Å². The molecule has 0 fully saturated rings. The Balaban J connectivity index is 2.13. The second-order valence-corrected chi connectivity index (χ2v) is 6.77. The quantitative estimate of drug-likeness (QED) is 0.573. The monoisotopic (exact) mass is 395 g/mol. The number of anilines is 1. The summed E-state index contributed by atoms with van der Waals surface area (Å²) in [5.41, 5.74) is 0.170. The van der Waals surface area contributed by atoms with E-state index in [9.17, 15) is 9.90 Å². The van der Waals surface area contributed by atoms with Crippen LogP contribution >= 0.6 is 11.6 Å². The first-order chi connectivity index (χ1) is 13.6. The number of hydrogen-bond acceptors (Lipinski definition) is 4. The normalized spacial score (nSPS) is 12.2. The molecule has 0 spiro atoms. The fourth-order valence-corrected chi connectivity index (χ4v) is 3.28. The molecular formula is C23H22ClNO3. The number of carbonyl (C=O) groups is 1. The zero-order valence-electron chi connectivity index (χ0n) is 15.5. The minimum absolute atomic E-state index is 0.206. The molecule has 144 valence electrons. The van der Waals surface area contributed by atoms with Crippen molar-refractivity contribution >= 4 is 23.3 Å². The second kappa shape index (κ2) is 8.91.